The maximum Gasteiger partial charge on any atom is 0.437 e. The summed E-state index contributed by atoms with van der Waals surface area (Å²) >= 11 is 1.40. The Hall–Kier alpha value is -2.25. The highest BCUT2D eigenvalue weighted by Crippen LogP contribution is 2.22. The summed E-state index contributed by atoms with van der Waals surface area (Å²) in [5.74, 6) is -0.801. The lowest BCUT2D eigenvalue weighted by atomic mass is 10.1. The fourth-order valence-corrected chi connectivity index (χ4v) is 2.52. The summed E-state index contributed by atoms with van der Waals surface area (Å²) in [7, 11) is 0. The minimum Gasteiger partial charge on any atom is -0.387 e. The third-order valence-corrected chi connectivity index (χ3v) is 3.80. The SMILES string of the molecule is O=c1oc(-c2cccs2)nn1C[C@@H](O)c1ccc(F)cc1. The number of aliphatic hydroxyl groups excluding tert-OH is 1. The molecule has 0 spiro atoms. The van der Waals surface area contributed by atoms with Crippen LogP contribution in [-0.2, 0) is 6.54 Å². The van der Waals surface area contributed by atoms with E-state index in [1.807, 2.05) is 11.4 Å². The summed E-state index contributed by atoms with van der Waals surface area (Å²) in [6.45, 7) is -0.0562. The molecule has 0 amide bonds. The van der Waals surface area contributed by atoms with Crippen molar-refractivity contribution in [1.82, 2.24) is 9.78 Å². The zero-order valence-corrected chi connectivity index (χ0v) is 11.6. The first-order chi connectivity index (χ1) is 10.1. The minimum atomic E-state index is -0.968. The monoisotopic (exact) mass is 306 g/mol. The van der Waals surface area contributed by atoms with Crippen LogP contribution < -0.4 is 5.76 Å². The van der Waals surface area contributed by atoms with Crippen molar-refractivity contribution in [3.05, 3.63) is 63.7 Å². The zero-order valence-electron chi connectivity index (χ0n) is 10.8. The number of rotatable bonds is 4. The number of hydrogen-bond donors (Lipinski definition) is 1. The highest BCUT2D eigenvalue weighted by Gasteiger charge is 2.15. The number of halogens is 1. The Morgan fingerprint density at radius 1 is 1.33 bits per heavy atom. The van der Waals surface area contributed by atoms with Crippen LogP contribution in [0.4, 0.5) is 4.39 Å². The van der Waals surface area contributed by atoms with Gasteiger partial charge in [0.05, 0.1) is 17.5 Å². The molecule has 2 aromatic heterocycles. The molecule has 5 nitrogen and oxygen atoms in total. The van der Waals surface area contributed by atoms with Crippen LogP contribution in [0.5, 0.6) is 0 Å². The molecule has 3 aromatic rings. The van der Waals surface area contributed by atoms with Gasteiger partial charge in [0.2, 0.25) is 0 Å². The number of nitrogens with zero attached hydrogens (tertiary/aromatic N) is 2. The van der Waals surface area contributed by atoms with Gasteiger partial charge in [0.1, 0.15) is 5.82 Å². The maximum atomic E-state index is 12.8. The standard InChI is InChI=1S/C14H11FN2O3S/c15-10-5-3-9(4-6-10)11(18)8-17-14(19)20-13(16-17)12-2-1-7-21-12/h1-7,11,18H,8H2/t11-/m1/s1. The lowest BCUT2D eigenvalue weighted by molar-refractivity contribution is 0.148. The van der Waals surface area contributed by atoms with Crippen LogP contribution in [0.1, 0.15) is 11.7 Å². The predicted octanol–water partition coefficient (Wildman–Crippen LogP) is 2.44. The fraction of sp³-hybridized carbons (Fsp3) is 0.143. The summed E-state index contributed by atoms with van der Waals surface area (Å²) in [6.07, 6.45) is -0.968. The number of aromatic nitrogens is 2. The Morgan fingerprint density at radius 2 is 2.10 bits per heavy atom. The average Bonchev–Trinajstić information content (AvgIpc) is 3.10. The van der Waals surface area contributed by atoms with E-state index in [1.165, 1.54) is 35.6 Å². The summed E-state index contributed by atoms with van der Waals surface area (Å²) in [5, 5.41) is 16.0. The summed E-state index contributed by atoms with van der Waals surface area (Å²) in [5.41, 5.74) is 0.504. The first-order valence-corrected chi connectivity index (χ1v) is 7.07. The van der Waals surface area contributed by atoms with Gasteiger partial charge >= 0.3 is 5.76 Å². The van der Waals surface area contributed by atoms with E-state index in [0.717, 1.165) is 9.56 Å². The number of hydrogen-bond acceptors (Lipinski definition) is 5. The van der Waals surface area contributed by atoms with Gasteiger partial charge in [-0.05, 0) is 29.1 Å². The molecule has 108 valence electrons. The first kappa shape index (κ1) is 13.7. The Balaban J connectivity index is 1.82. The van der Waals surface area contributed by atoms with Crippen molar-refractivity contribution in [1.29, 1.82) is 0 Å². The van der Waals surface area contributed by atoms with E-state index in [-0.39, 0.29) is 18.3 Å². The second kappa shape index (κ2) is 5.63. The third kappa shape index (κ3) is 2.93. The van der Waals surface area contributed by atoms with E-state index < -0.39 is 11.9 Å². The second-order valence-electron chi connectivity index (χ2n) is 4.40. The van der Waals surface area contributed by atoms with Crippen LogP contribution in [0.25, 0.3) is 10.8 Å². The van der Waals surface area contributed by atoms with Crippen LogP contribution in [0.3, 0.4) is 0 Å². The van der Waals surface area contributed by atoms with E-state index in [1.54, 1.807) is 6.07 Å². The van der Waals surface area contributed by atoms with Crippen molar-refractivity contribution in [2.45, 2.75) is 12.6 Å². The van der Waals surface area contributed by atoms with Crippen LogP contribution >= 0.6 is 11.3 Å². The molecule has 3 rings (SSSR count). The molecule has 0 saturated carbocycles. The minimum absolute atomic E-state index is 0.0562. The number of benzene rings is 1. The molecule has 7 heteroatoms. The quantitative estimate of drug-likeness (QED) is 0.804. The van der Waals surface area contributed by atoms with Gasteiger partial charge in [0.15, 0.2) is 0 Å². The number of thiophene rings is 1. The largest absolute Gasteiger partial charge is 0.437 e. The molecule has 0 fully saturated rings. The Bertz CT molecular complexity index is 777. The topological polar surface area (TPSA) is 68.3 Å². The highest BCUT2D eigenvalue weighted by atomic mass is 32.1. The van der Waals surface area contributed by atoms with Crippen LogP contribution in [0.2, 0.25) is 0 Å². The van der Waals surface area contributed by atoms with Crippen LogP contribution in [0.15, 0.2) is 51.0 Å². The predicted molar refractivity (Wildman–Crippen MR) is 75.4 cm³/mol. The van der Waals surface area contributed by atoms with Gasteiger partial charge in [0.25, 0.3) is 5.89 Å². The van der Waals surface area contributed by atoms with Gasteiger partial charge in [-0.15, -0.1) is 16.4 Å². The Morgan fingerprint density at radius 3 is 2.76 bits per heavy atom. The van der Waals surface area contributed by atoms with Crippen molar-refractivity contribution in [3.63, 3.8) is 0 Å². The summed E-state index contributed by atoms with van der Waals surface area (Å²) in [4.78, 5) is 12.5. The van der Waals surface area contributed by atoms with Crippen LogP contribution in [0, 0.1) is 5.82 Å². The maximum absolute atomic E-state index is 12.8. The number of aliphatic hydroxyl groups is 1. The summed E-state index contributed by atoms with van der Waals surface area (Å²) in [6, 6.07) is 9.04. The van der Waals surface area contributed by atoms with Crippen molar-refractivity contribution in [2.75, 3.05) is 0 Å². The molecule has 0 aliphatic carbocycles. The fourth-order valence-electron chi connectivity index (χ4n) is 1.88. The lowest BCUT2D eigenvalue weighted by Gasteiger charge is -2.09. The van der Waals surface area contributed by atoms with Gasteiger partial charge in [-0.2, -0.15) is 4.68 Å². The van der Waals surface area contributed by atoms with Gasteiger partial charge in [0, 0.05) is 0 Å². The molecule has 0 unspecified atom stereocenters. The van der Waals surface area contributed by atoms with Gasteiger partial charge in [-0.1, -0.05) is 18.2 Å². The molecule has 1 aromatic carbocycles. The second-order valence-corrected chi connectivity index (χ2v) is 5.35. The van der Waals surface area contributed by atoms with Crippen molar-refractivity contribution >= 4 is 11.3 Å². The highest BCUT2D eigenvalue weighted by molar-refractivity contribution is 7.13. The zero-order chi connectivity index (χ0) is 14.8. The van der Waals surface area contributed by atoms with Gasteiger partial charge in [-0.3, -0.25) is 0 Å². The lowest BCUT2D eigenvalue weighted by Crippen LogP contribution is -2.20. The molecule has 1 N–H and O–H groups in total. The molecule has 0 saturated heterocycles. The average molecular weight is 306 g/mol. The molecule has 0 bridgehead atoms. The van der Waals surface area contributed by atoms with E-state index in [9.17, 15) is 14.3 Å². The molecular formula is C14H11FN2O3S. The van der Waals surface area contributed by atoms with Crippen molar-refractivity contribution in [2.24, 2.45) is 0 Å². The molecular weight excluding hydrogens is 295 g/mol. The Labute approximate surface area is 122 Å². The molecule has 0 aliphatic heterocycles. The van der Waals surface area contributed by atoms with Crippen molar-refractivity contribution in [3.8, 4) is 10.8 Å². The molecule has 21 heavy (non-hydrogen) atoms. The molecule has 1 atom stereocenters. The molecule has 0 radical (unpaired) electrons. The van der Waals surface area contributed by atoms with Gasteiger partial charge in [-0.25, -0.2) is 9.18 Å². The van der Waals surface area contributed by atoms with E-state index in [2.05, 4.69) is 5.10 Å². The van der Waals surface area contributed by atoms with E-state index in [4.69, 9.17) is 4.42 Å². The van der Waals surface area contributed by atoms with E-state index >= 15 is 0 Å². The Kier molecular flexibility index (Phi) is 3.68. The summed E-state index contributed by atoms with van der Waals surface area (Å²) < 4.78 is 18.9. The first-order valence-electron chi connectivity index (χ1n) is 6.19. The molecule has 2 heterocycles. The molecule has 0 aliphatic rings. The van der Waals surface area contributed by atoms with Crippen LogP contribution in [-0.4, -0.2) is 14.9 Å². The van der Waals surface area contributed by atoms with Crippen molar-refractivity contribution < 1.29 is 13.9 Å². The normalized spacial score (nSPS) is 12.5. The van der Waals surface area contributed by atoms with E-state index in [0.29, 0.717) is 5.56 Å². The smallest absolute Gasteiger partial charge is 0.387 e. The third-order valence-electron chi connectivity index (χ3n) is 2.94. The van der Waals surface area contributed by atoms with Gasteiger partial charge < -0.3 is 9.52 Å².